The number of benzene rings is 1. The van der Waals surface area contributed by atoms with Gasteiger partial charge in [-0.3, -0.25) is 14.3 Å². The Balaban J connectivity index is 1.41. The third kappa shape index (κ3) is 5.60. The van der Waals surface area contributed by atoms with Crippen molar-refractivity contribution in [3.63, 3.8) is 0 Å². The summed E-state index contributed by atoms with van der Waals surface area (Å²) in [4.78, 5) is 27.6. The van der Waals surface area contributed by atoms with Crippen molar-refractivity contribution in [3.8, 4) is 5.75 Å². The molecule has 1 aromatic carbocycles. The summed E-state index contributed by atoms with van der Waals surface area (Å²) >= 11 is 0. The van der Waals surface area contributed by atoms with Gasteiger partial charge in [0.25, 0.3) is 5.91 Å². The molecule has 8 nitrogen and oxygen atoms in total. The second-order valence-corrected chi connectivity index (χ2v) is 9.78. The molecular formula is C26H37N5O3. The van der Waals surface area contributed by atoms with Crippen LogP contribution in [0.2, 0.25) is 0 Å². The summed E-state index contributed by atoms with van der Waals surface area (Å²) in [6.45, 7) is 6.33. The first-order valence-electron chi connectivity index (χ1n) is 12.4. The topological polar surface area (TPSA) is 88.5 Å². The minimum Gasteiger partial charge on any atom is -0.494 e. The summed E-state index contributed by atoms with van der Waals surface area (Å²) in [7, 11) is 1.88. The molecule has 1 fully saturated rings. The number of likely N-dealkylation sites (N-methyl/N-ethyl adjacent to an activating group) is 1. The van der Waals surface area contributed by atoms with Gasteiger partial charge in [0.05, 0.1) is 25.1 Å². The molecule has 4 rings (SSSR count). The maximum Gasteiger partial charge on any atom is 0.272 e. The van der Waals surface area contributed by atoms with Crippen molar-refractivity contribution in [2.75, 3.05) is 20.2 Å². The van der Waals surface area contributed by atoms with Crippen molar-refractivity contribution in [2.45, 2.75) is 77.0 Å². The molecular weight excluding hydrogens is 430 g/mol. The maximum absolute atomic E-state index is 13.0. The molecule has 0 radical (unpaired) electrons. The van der Waals surface area contributed by atoms with Gasteiger partial charge in [-0.15, -0.1) is 0 Å². The van der Waals surface area contributed by atoms with Gasteiger partial charge in [0, 0.05) is 31.9 Å². The van der Waals surface area contributed by atoms with Gasteiger partial charge >= 0.3 is 0 Å². The summed E-state index contributed by atoms with van der Waals surface area (Å²) in [5, 5.41) is 11.2. The minimum absolute atomic E-state index is 0.0490. The highest BCUT2D eigenvalue weighted by Crippen LogP contribution is 2.24. The van der Waals surface area contributed by atoms with E-state index in [1.807, 2.05) is 47.8 Å². The van der Waals surface area contributed by atoms with Gasteiger partial charge in [0.1, 0.15) is 11.4 Å². The lowest BCUT2D eigenvalue weighted by molar-refractivity contribution is -0.134. The summed E-state index contributed by atoms with van der Waals surface area (Å²) in [6.07, 6.45) is 6.48. The fourth-order valence-corrected chi connectivity index (χ4v) is 4.84. The zero-order valence-electron chi connectivity index (χ0n) is 20.6. The predicted octanol–water partition coefficient (Wildman–Crippen LogP) is 2.91. The number of nitrogens with one attached hydrogen (secondary N) is 2. The van der Waals surface area contributed by atoms with Crippen LogP contribution in [0.4, 0.5) is 0 Å². The van der Waals surface area contributed by atoms with Crippen LogP contribution >= 0.6 is 0 Å². The Morgan fingerprint density at radius 3 is 2.65 bits per heavy atom. The van der Waals surface area contributed by atoms with E-state index in [1.165, 1.54) is 32.1 Å². The zero-order chi connectivity index (χ0) is 24.1. The van der Waals surface area contributed by atoms with E-state index >= 15 is 0 Å². The van der Waals surface area contributed by atoms with Crippen LogP contribution < -0.4 is 15.4 Å². The molecule has 0 spiro atoms. The molecule has 0 bridgehead atoms. The Kier molecular flexibility index (Phi) is 7.56. The molecule has 1 unspecified atom stereocenters. The molecule has 1 aliphatic heterocycles. The molecule has 2 aliphatic rings. The predicted molar refractivity (Wildman–Crippen MR) is 131 cm³/mol. The monoisotopic (exact) mass is 467 g/mol. The lowest BCUT2D eigenvalue weighted by Gasteiger charge is -2.39. The van der Waals surface area contributed by atoms with Crippen molar-refractivity contribution in [1.82, 2.24) is 25.3 Å². The number of rotatable bonds is 8. The second kappa shape index (κ2) is 10.6. The van der Waals surface area contributed by atoms with Crippen molar-refractivity contribution in [1.29, 1.82) is 0 Å². The fourth-order valence-electron chi connectivity index (χ4n) is 4.84. The smallest absolute Gasteiger partial charge is 0.272 e. The van der Waals surface area contributed by atoms with Crippen molar-refractivity contribution < 1.29 is 14.3 Å². The first-order valence-corrected chi connectivity index (χ1v) is 12.4. The van der Waals surface area contributed by atoms with Crippen LogP contribution in [0.15, 0.2) is 30.3 Å². The van der Waals surface area contributed by atoms with Crippen LogP contribution in [-0.4, -0.2) is 58.3 Å². The van der Waals surface area contributed by atoms with Gasteiger partial charge in [-0.1, -0.05) is 31.4 Å². The SMILES string of the molecule is CCOc1ccc(CNC(=O)c2cc3n(n2)CC(C)(CNC2CCCCC2)N(C)C(=O)C3)cc1. The van der Waals surface area contributed by atoms with Crippen LogP contribution in [-0.2, 0) is 24.3 Å². The summed E-state index contributed by atoms with van der Waals surface area (Å²) < 4.78 is 7.30. The van der Waals surface area contributed by atoms with Crippen molar-refractivity contribution >= 4 is 11.8 Å². The van der Waals surface area contributed by atoms with Crippen LogP contribution in [0.5, 0.6) is 5.75 Å². The molecule has 8 heteroatoms. The number of hydrogen-bond acceptors (Lipinski definition) is 5. The Labute approximate surface area is 202 Å². The summed E-state index contributed by atoms with van der Waals surface area (Å²) in [5.74, 6) is 0.622. The van der Waals surface area contributed by atoms with Gasteiger partial charge in [-0.2, -0.15) is 5.10 Å². The molecule has 34 heavy (non-hydrogen) atoms. The molecule has 1 saturated carbocycles. The highest BCUT2D eigenvalue weighted by atomic mass is 16.5. The lowest BCUT2D eigenvalue weighted by atomic mass is 9.93. The first-order chi connectivity index (χ1) is 16.4. The Morgan fingerprint density at radius 2 is 1.94 bits per heavy atom. The van der Waals surface area contributed by atoms with E-state index in [9.17, 15) is 9.59 Å². The molecule has 1 aromatic heterocycles. The average Bonchev–Trinajstić information content (AvgIpc) is 3.20. The molecule has 2 amide bonds. The minimum atomic E-state index is -0.415. The van der Waals surface area contributed by atoms with E-state index in [1.54, 1.807) is 6.07 Å². The third-order valence-corrected chi connectivity index (χ3v) is 7.17. The Hall–Kier alpha value is -2.87. The standard InChI is InChI=1S/C26H37N5O3/c1-4-34-22-12-10-19(11-13-22)16-27-25(33)23-14-21-15-24(32)30(3)26(2,18-31(21)29-23)17-28-20-8-6-5-7-9-20/h10-14,20,28H,4-9,15-18H2,1-3H3,(H,27,33). The third-order valence-electron chi connectivity index (χ3n) is 7.17. The summed E-state index contributed by atoms with van der Waals surface area (Å²) in [5.41, 5.74) is 1.70. The number of nitrogens with zero attached hydrogens (tertiary/aromatic N) is 3. The lowest BCUT2D eigenvalue weighted by Crippen LogP contribution is -2.56. The number of ether oxygens (including phenoxy) is 1. The molecule has 2 heterocycles. The normalized spacial score (nSPS) is 21.1. The largest absolute Gasteiger partial charge is 0.494 e. The van der Waals surface area contributed by atoms with Gasteiger partial charge in [0.2, 0.25) is 5.91 Å². The molecule has 2 N–H and O–H groups in total. The number of amides is 2. The van der Waals surface area contributed by atoms with Gasteiger partial charge in [-0.05, 0) is 50.5 Å². The van der Waals surface area contributed by atoms with Crippen LogP contribution in [0.25, 0.3) is 0 Å². The fraction of sp³-hybridized carbons (Fsp3) is 0.577. The van der Waals surface area contributed by atoms with Gasteiger partial charge in [-0.25, -0.2) is 0 Å². The van der Waals surface area contributed by atoms with E-state index in [4.69, 9.17) is 4.74 Å². The zero-order valence-corrected chi connectivity index (χ0v) is 20.6. The second-order valence-electron chi connectivity index (χ2n) is 9.78. The van der Waals surface area contributed by atoms with Gasteiger partial charge in [0.15, 0.2) is 0 Å². The Morgan fingerprint density at radius 1 is 1.21 bits per heavy atom. The van der Waals surface area contributed by atoms with E-state index in [2.05, 4.69) is 22.7 Å². The van der Waals surface area contributed by atoms with Crippen LogP contribution in [0.3, 0.4) is 0 Å². The summed E-state index contributed by atoms with van der Waals surface area (Å²) in [6, 6.07) is 9.93. The maximum atomic E-state index is 13.0. The van der Waals surface area contributed by atoms with Crippen LogP contribution in [0.1, 0.15) is 67.7 Å². The molecule has 184 valence electrons. The quantitative estimate of drug-likeness (QED) is 0.623. The van der Waals surface area contributed by atoms with E-state index < -0.39 is 5.54 Å². The average molecular weight is 468 g/mol. The highest BCUT2D eigenvalue weighted by molar-refractivity contribution is 5.92. The van der Waals surface area contributed by atoms with Gasteiger partial charge < -0.3 is 20.3 Å². The molecule has 1 atom stereocenters. The van der Waals surface area contributed by atoms with E-state index in [0.717, 1.165) is 17.0 Å². The van der Waals surface area contributed by atoms with E-state index in [0.29, 0.717) is 38.0 Å². The number of carbonyl (C=O) groups excluding carboxylic acids is 2. The number of carbonyl (C=O) groups is 2. The number of aromatic nitrogens is 2. The highest BCUT2D eigenvalue weighted by Gasteiger charge is 2.38. The molecule has 0 saturated heterocycles. The van der Waals surface area contributed by atoms with E-state index in [-0.39, 0.29) is 18.2 Å². The molecule has 1 aliphatic carbocycles. The van der Waals surface area contributed by atoms with Crippen molar-refractivity contribution in [2.24, 2.45) is 0 Å². The molecule has 2 aromatic rings. The number of fused-ring (bicyclic) bond motifs is 1. The van der Waals surface area contributed by atoms with Crippen molar-refractivity contribution in [3.05, 3.63) is 47.3 Å². The Bertz CT molecular complexity index is 996. The number of hydrogen-bond donors (Lipinski definition) is 2. The first kappa shape index (κ1) is 24.3. The van der Waals surface area contributed by atoms with Crippen LogP contribution in [0, 0.1) is 0 Å².